The van der Waals surface area contributed by atoms with Gasteiger partial charge in [0.05, 0.1) is 34.0 Å². The van der Waals surface area contributed by atoms with Gasteiger partial charge >= 0.3 is 0 Å². The highest BCUT2D eigenvalue weighted by atomic mass is 15.6. The van der Waals surface area contributed by atoms with Crippen LogP contribution in [0.2, 0.25) is 0 Å². The van der Waals surface area contributed by atoms with E-state index in [-0.39, 0.29) is 12.1 Å². The highest BCUT2D eigenvalue weighted by Crippen LogP contribution is 2.42. The summed E-state index contributed by atoms with van der Waals surface area (Å²) < 4.78 is 1.98. The molecule has 2 aromatic heterocycles. The molecule has 0 amide bonds. The number of imidazole rings is 1. The van der Waals surface area contributed by atoms with Crippen molar-refractivity contribution in [3.05, 3.63) is 120 Å². The maximum Gasteiger partial charge on any atom is 0.164 e. The lowest BCUT2D eigenvalue weighted by Gasteiger charge is -2.19. The molecule has 2 aliphatic heterocycles. The third kappa shape index (κ3) is 3.02. The maximum atomic E-state index is 5.16. The second-order valence-electron chi connectivity index (χ2n) is 9.46. The molecule has 6 heteroatoms. The lowest BCUT2D eigenvalue weighted by Crippen LogP contribution is -2.35. The summed E-state index contributed by atoms with van der Waals surface area (Å²) >= 11 is 0. The fourth-order valence-electron chi connectivity index (χ4n) is 5.58. The van der Waals surface area contributed by atoms with Gasteiger partial charge in [0.15, 0.2) is 5.65 Å². The molecule has 6 aromatic rings. The van der Waals surface area contributed by atoms with Crippen LogP contribution in [-0.4, -0.2) is 26.5 Å². The van der Waals surface area contributed by atoms with Crippen LogP contribution in [0.4, 0.5) is 11.4 Å². The number of anilines is 2. The van der Waals surface area contributed by atoms with Crippen LogP contribution in [0.25, 0.3) is 34.0 Å². The van der Waals surface area contributed by atoms with E-state index >= 15 is 0 Å². The standard InChI is InChI=1S/C31H22N6/c1-3-11-20(12-4-1)28-22(30-32-24-15-7-9-17-26(24)36(30)34-28)19-23-29(21-13-5-2-6-14-21)35-37-27-18-10-8-16-25(27)33-31(23)37/h1-19,22,30,32H/b23-19-/t22-,30-/m1/s1. The van der Waals surface area contributed by atoms with Crippen LogP contribution in [0.15, 0.2) is 114 Å². The molecular weight excluding hydrogens is 456 g/mol. The van der Waals surface area contributed by atoms with E-state index in [1.54, 1.807) is 0 Å². The smallest absolute Gasteiger partial charge is 0.164 e. The lowest BCUT2D eigenvalue weighted by atomic mass is 9.93. The van der Waals surface area contributed by atoms with Gasteiger partial charge in [-0.1, -0.05) is 91.0 Å². The number of hydrazone groups is 1. The summed E-state index contributed by atoms with van der Waals surface area (Å²) in [5.74, 6) is -0.0231. The van der Waals surface area contributed by atoms with E-state index in [4.69, 9.17) is 15.2 Å². The molecule has 0 fully saturated rings. The average molecular weight is 479 g/mol. The van der Waals surface area contributed by atoms with Crippen LogP contribution < -0.4 is 15.5 Å². The van der Waals surface area contributed by atoms with Gasteiger partial charge in [-0.25, -0.2) is 14.5 Å². The summed E-state index contributed by atoms with van der Waals surface area (Å²) in [6.45, 7) is 0. The van der Waals surface area contributed by atoms with Gasteiger partial charge in [0.2, 0.25) is 0 Å². The molecule has 4 aromatic carbocycles. The third-order valence-electron chi connectivity index (χ3n) is 7.29. The normalized spacial score (nSPS) is 18.8. The van der Waals surface area contributed by atoms with Crippen molar-refractivity contribution in [1.82, 2.24) is 14.6 Å². The molecule has 8 rings (SSSR count). The molecule has 6 nitrogen and oxygen atoms in total. The predicted octanol–water partition coefficient (Wildman–Crippen LogP) is 5.34. The zero-order valence-electron chi connectivity index (χ0n) is 19.9. The number of aromatic nitrogens is 3. The van der Waals surface area contributed by atoms with E-state index < -0.39 is 0 Å². The number of hydrogen-bond acceptors (Lipinski definition) is 5. The highest BCUT2D eigenvalue weighted by molar-refractivity contribution is 6.09. The second kappa shape index (κ2) is 7.77. The first-order chi connectivity index (χ1) is 18.3. The van der Waals surface area contributed by atoms with Crippen molar-refractivity contribution >= 4 is 39.8 Å². The number of fused-ring (bicyclic) bond motifs is 6. The van der Waals surface area contributed by atoms with Gasteiger partial charge in [0, 0.05) is 10.8 Å². The first-order valence-corrected chi connectivity index (χ1v) is 12.5. The van der Waals surface area contributed by atoms with Crippen molar-refractivity contribution < 1.29 is 0 Å². The summed E-state index contributed by atoms with van der Waals surface area (Å²) in [6, 6.07) is 37.3. The van der Waals surface area contributed by atoms with Crippen LogP contribution in [0.5, 0.6) is 0 Å². The van der Waals surface area contributed by atoms with Gasteiger partial charge in [-0.3, -0.25) is 0 Å². The summed E-state index contributed by atoms with van der Waals surface area (Å²) in [5, 5.41) is 17.1. The molecule has 0 spiro atoms. The van der Waals surface area contributed by atoms with Crippen LogP contribution in [-0.2, 0) is 0 Å². The van der Waals surface area contributed by atoms with Crippen molar-refractivity contribution in [1.29, 1.82) is 0 Å². The zero-order valence-corrected chi connectivity index (χ0v) is 19.9. The number of para-hydroxylation sites is 4. The third-order valence-corrected chi connectivity index (χ3v) is 7.29. The summed E-state index contributed by atoms with van der Waals surface area (Å²) in [6.07, 6.45) is 2.28. The summed E-state index contributed by atoms with van der Waals surface area (Å²) in [5.41, 5.74) is 9.14. The molecule has 1 N–H and O–H groups in total. The number of benzene rings is 4. The van der Waals surface area contributed by atoms with E-state index in [0.717, 1.165) is 55.8 Å². The predicted molar refractivity (Wildman–Crippen MR) is 148 cm³/mol. The number of nitrogens with zero attached hydrogens (tertiary/aromatic N) is 5. The van der Waals surface area contributed by atoms with E-state index in [9.17, 15) is 0 Å². The molecule has 0 saturated carbocycles. The largest absolute Gasteiger partial charge is 0.361 e. The second-order valence-corrected chi connectivity index (χ2v) is 9.46. The minimum atomic E-state index is -0.0319. The first kappa shape index (κ1) is 20.2. The Balaban J connectivity index is 1.39. The monoisotopic (exact) mass is 478 g/mol. The van der Waals surface area contributed by atoms with Gasteiger partial charge < -0.3 is 5.32 Å². The molecule has 2 aliphatic rings. The number of hydrogen-bond donors (Lipinski definition) is 1. The molecule has 37 heavy (non-hydrogen) atoms. The fraction of sp³-hybridized carbons (Fsp3) is 0.0645. The Morgan fingerprint density at radius 1 is 0.730 bits per heavy atom. The minimum absolute atomic E-state index is 0.0231. The maximum absolute atomic E-state index is 5.16. The SMILES string of the molecule is C(=c1\c(-c2ccccc2)nn2c1nc1ccccc12)/[C@@H]1C(c2ccccc2)=NN2c3ccccc3N[C@@H]12. The molecule has 176 valence electrons. The van der Waals surface area contributed by atoms with Crippen LogP contribution >= 0.6 is 0 Å². The van der Waals surface area contributed by atoms with E-state index in [1.807, 2.05) is 34.8 Å². The fourth-order valence-corrected chi connectivity index (χ4v) is 5.58. The Kier molecular flexibility index (Phi) is 4.25. The van der Waals surface area contributed by atoms with E-state index in [0.29, 0.717) is 0 Å². The molecule has 0 radical (unpaired) electrons. The van der Waals surface area contributed by atoms with Gasteiger partial charge in [-0.2, -0.15) is 10.2 Å². The Morgan fingerprint density at radius 2 is 1.43 bits per heavy atom. The van der Waals surface area contributed by atoms with Crippen LogP contribution in [0.3, 0.4) is 0 Å². The zero-order chi connectivity index (χ0) is 24.3. The molecule has 0 aliphatic carbocycles. The van der Waals surface area contributed by atoms with Crippen LogP contribution in [0.1, 0.15) is 5.56 Å². The van der Waals surface area contributed by atoms with Crippen molar-refractivity contribution in [3.63, 3.8) is 0 Å². The number of nitrogens with one attached hydrogen (secondary N) is 1. The summed E-state index contributed by atoms with van der Waals surface area (Å²) in [7, 11) is 0. The molecule has 0 bridgehead atoms. The molecule has 4 heterocycles. The minimum Gasteiger partial charge on any atom is -0.361 e. The Hall–Kier alpha value is -4.97. The van der Waals surface area contributed by atoms with E-state index in [2.05, 4.69) is 95.3 Å². The Morgan fingerprint density at radius 3 is 2.27 bits per heavy atom. The molecule has 2 atom stereocenters. The van der Waals surface area contributed by atoms with E-state index in [1.165, 1.54) is 0 Å². The van der Waals surface area contributed by atoms with Gasteiger partial charge in [-0.15, -0.1) is 0 Å². The molecule has 0 saturated heterocycles. The van der Waals surface area contributed by atoms with Crippen molar-refractivity contribution in [2.45, 2.75) is 6.17 Å². The number of rotatable bonds is 3. The van der Waals surface area contributed by atoms with Crippen molar-refractivity contribution in [3.8, 4) is 11.3 Å². The van der Waals surface area contributed by atoms with Crippen molar-refractivity contribution in [2.75, 3.05) is 10.3 Å². The topological polar surface area (TPSA) is 57.8 Å². The Labute approximate surface area is 213 Å². The first-order valence-electron chi connectivity index (χ1n) is 12.5. The van der Waals surface area contributed by atoms with Crippen molar-refractivity contribution in [2.24, 2.45) is 11.0 Å². The molecular formula is C31H22N6. The lowest BCUT2D eigenvalue weighted by molar-refractivity contribution is 0.704. The average Bonchev–Trinajstić information content (AvgIpc) is 3.69. The van der Waals surface area contributed by atoms with Gasteiger partial charge in [-0.05, 0) is 29.8 Å². The Bertz CT molecular complexity index is 1870. The quantitative estimate of drug-likeness (QED) is 0.373. The molecule has 0 unspecified atom stereocenters. The van der Waals surface area contributed by atoms with Crippen LogP contribution in [0, 0.1) is 5.92 Å². The van der Waals surface area contributed by atoms with Gasteiger partial charge in [0.25, 0.3) is 0 Å². The van der Waals surface area contributed by atoms with Gasteiger partial charge in [0.1, 0.15) is 11.9 Å². The summed E-state index contributed by atoms with van der Waals surface area (Å²) in [4.78, 5) is 5.02. The highest BCUT2D eigenvalue weighted by Gasteiger charge is 2.42.